The van der Waals surface area contributed by atoms with Gasteiger partial charge in [-0.25, -0.2) is 9.02 Å². The SMILES string of the molecule is COc1cccc([C@@H]2Nc3nonc3NC3=C2C(=O)C[C@H](c2ccc(F)cc2)C3)c1. The van der Waals surface area contributed by atoms with Crippen LogP contribution in [0.3, 0.4) is 0 Å². The zero-order valence-electron chi connectivity index (χ0n) is 16.2. The Balaban J connectivity index is 1.59. The average molecular weight is 406 g/mol. The fourth-order valence-electron chi connectivity index (χ4n) is 4.14. The summed E-state index contributed by atoms with van der Waals surface area (Å²) < 4.78 is 23.6. The highest BCUT2D eigenvalue weighted by atomic mass is 19.1. The molecule has 0 spiro atoms. The summed E-state index contributed by atoms with van der Waals surface area (Å²) in [7, 11) is 1.60. The number of hydrogen-bond acceptors (Lipinski definition) is 7. The summed E-state index contributed by atoms with van der Waals surface area (Å²) in [6.45, 7) is 0. The van der Waals surface area contributed by atoms with Crippen LogP contribution in [0.15, 0.2) is 64.4 Å². The van der Waals surface area contributed by atoms with E-state index in [2.05, 4.69) is 20.9 Å². The summed E-state index contributed by atoms with van der Waals surface area (Å²) >= 11 is 0. The molecule has 1 aliphatic carbocycles. The summed E-state index contributed by atoms with van der Waals surface area (Å²) in [5.74, 6) is 1.22. The Kier molecular flexibility index (Phi) is 4.46. The van der Waals surface area contributed by atoms with E-state index in [-0.39, 0.29) is 17.5 Å². The number of benzene rings is 2. The second-order valence-corrected chi connectivity index (χ2v) is 7.41. The van der Waals surface area contributed by atoms with Gasteiger partial charge in [-0.3, -0.25) is 4.79 Å². The number of carbonyl (C=O) groups is 1. The summed E-state index contributed by atoms with van der Waals surface area (Å²) in [5, 5.41) is 14.4. The summed E-state index contributed by atoms with van der Waals surface area (Å²) in [5.41, 5.74) is 3.19. The van der Waals surface area contributed by atoms with Crippen LogP contribution in [0.25, 0.3) is 0 Å². The van der Waals surface area contributed by atoms with E-state index >= 15 is 0 Å². The van der Waals surface area contributed by atoms with Gasteiger partial charge in [-0.05, 0) is 58.0 Å². The number of ether oxygens (including phenoxy) is 1. The van der Waals surface area contributed by atoms with Crippen molar-refractivity contribution < 1.29 is 18.6 Å². The lowest BCUT2D eigenvalue weighted by molar-refractivity contribution is -0.116. The number of anilines is 2. The zero-order valence-corrected chi connectivity index (χ0v) is 16.2. The van der Waals surface area contributed by atoms with Crippen molar-refractivity contribution in [1.82, 2.24) is 10.3 Å². The number of allylic oxidation sites excluding steroid dienone is 1. The lowest BCUT2D eigenvalue weighted by Gasteiger charge is -2.29. The van der Waals surface area contributed by atoms with E-state index in [1.165, 1.54) is 12.1 Å². The van der Waals surface area contributed by atoms with Gasteiger partial charge in [0.05, 0.1) is 13.2 Å². The van der Waals surface area contributed by atoms with E-state index in [9.17, 15) is 9.18 Å². The van der Waals surface area contributed by atoms with E-state index in [1.54, 1.807) is 19.2 Å². The molecule has 2 heterocycles. The van der Waals surface area contributed by atoms with E-state index in [0.717, 1.165) is 16.8 Å². The predicted octanol–water partition coefficient (Wildman–Crippen LogP) is 4.20. The molecule has 0 amide bonds. The number of ketones is 1. The van der Waals surface area contributed by atoms with Crippen LogP contribution in [-0.4, -0.2) is 23.2 Å². The number of nitrogens with one attached hydrogen (secondary N) is 2. The zero-order chi connectivity index (χ0) is 20.7. The lowest BCUT2D eigenvalue weighted by Crippen LogP contribution is -2.27. The lowest BCUT2D eigenvalue weighted by atomic mass is 9.78. The molecule has 1 aliphatic heterocycles. The standard InChI is InChI=1S/C22H19FN4O3/c1-29-16-4-2-3-13(9-16)20-19-17(24-21-22(25-20)27-30-26-21)10-14(11-18(19)28)12-5-7-15(23)8-6-12/h2-9,14,20H,10-11H2,1H3,(H,24,26)(H,25,27)/t14-,20+/m1/s1. The molecule has 8 heteroatoms. The number of rotatable bonds is 3. The molecule has 2 N–H and O–H groups in total. The van der Waals surface area contributed by atoms with E-state index in [4.69, 9.17) is 9.37 Å². The maximum atomic E-state index is 13.4. The van der Waals surface area contributed by atoms with Gasteiger partial charge in [-0.15, -0.1) is 0 Å². The fraction of sp³-hybridized carbons (Fsp3) is 0.227. The molecular formula is C22H19FN4O3. The normalized spacial score (nSPS) is 20.5. The Bertz CT molecular complexity index is 1140. The molecule has 30 heavy (non-hydrogen) atoms. The van der Waals surface area contributed by atoms with Gasteiger partial charge in [-0.2, -0.15) is 0 Å². The van der Waals surface area contributed by atoms with Crippen molar-refractivity contribution in [3.8, 4) is 5.75 Å². The fourth-order valence-corrected chi connectivity index (χ4v) is 4.14. The Morgan fingerprint density at radius 1 is 1.07 bits per heavy atom. The second-order valence-electron chi connectivity index (χ2n) is 7.41. The van der Waals surface area contributed by atoms with Crippen molar-refractivity contribution in [3.63, 3.8) is 0 Å². The maximum absolute atomic E-state index is 13.4. The molecule has 2 aromatic carbocycles. The van der Waals surface area contributed by atoms with Crippen molar-refractivity contribution in [1.29, 1.82) is 0 Å². The molecule has 0 bridgehead atoms. The molecule has 152 valence electrons. The average Bonchev–Trinajstić information content (AvgIpc) is 3.13. The summed E-state index contributed by atoms with van der Waals surface area (Å²) in [6.07, 6.45) is 0.922. The van der Waals surface area contributed by atoms with Crippen LogP contribution >= 0.6 is 0 Å². The highest BCUT2D eigenvalue weighted by Gasteiger charge is 2.37. The number of carbonyl (C=O) groups excluding carboxylic acids is 1. The van der Waals surface area contributed by atoms with Crippen molar-refractivity contribution in [2.45, 2.75) is 24.8 Å². The van der Waals surface area contributed by atoms with Gasteiger partial charge >= 0.3 is 0 Å². The molecule has 2 aliphatic rings. The second kappa shape index (κ2) is 7.29. The number of methoxy groups -OCH3 is 1. The Hall–Kier alpha value is -3.68. The first-order chi connectivity index (χ1) is 14.6. The third-order valence-corrected chi connectivity index (χ3v) is 5.60. The third kappa shape index (κ3) is 3.20. The molecule has 0 fully saturated rings. The maximum Gasteiger partial charge on any atom is 0.219 e. The molecule has 0 saturated heterocycles. The van der Waals surface area contributed by atoms with Crippen LogP contribution in [0.5, 0.6) is 5.75 Å². The van der Waals surface area contributed by atoms with Gasteiger partial charge < -0.3 is 15.4 Å². The quantitative estimate of drug-likeness (QED) is 0.674. The number of Topliss-reactive ketones (excluding diaryl/α,β-unsaturated/α-hetero) is 1. The summed E-state index contributed by atoms with van der Waals surface area (Å²) in [6, 6.07) is 13.4. The van der Waals surface area contributed by atoms with Gasteiger partial charge in [0.1, 0.15) is 11.6 Å². The van der Waals surface area contributed by atoms with Gasteiger partial charge in [0.15, 0.2) is 5.78 Å². The minimum atomic E-state index is -0.433. The van der Waals surface area contributed by atoms with Crippen LogP contribution in [0.4, 0.5) is 16.0 Å². The largest absolute Gasteiger partial charge is 0.497 e. The van der Waals surface area contributed by atoms with Crippen molar-refractivity contribution >= 4 is 17.4 Å². The molecular weight excluding hydrogens is 387 g/mol. The monoisotopic (exact) mass is 406 g/mol. The molecule has 2 atom stereocenters. The molecule has 0 radical (unpaired) electrons. The number of hydrogen-bond donors (Lipinski definition) is 2. The molecule has 0 saturated carbocycles. The first kappa shape index (κ1) is 18.4. The Labute approximate surface area is 171 Å². The van der Waals surface area contributed by atoms with Crippen molar-refractivity contribution in [3.05, 3.63) is 76.7 Å². The van der Waals surface area contributed by atoms with Crippen molar-refractivity contribution in [2.24, 2.45) is 0 Å². The number of nitrogens with zero attached hydrogens (tertiary/aromatic N) is 2. The van der Waals surface area contributed by atoms with E-state index in [1.807, 2.05) is 24.3 Å². The van der Waals surface area contributed by atoms with Gasteiger partial charge in [0.25, 0.3) is 0 Å². The van der Waals surface area contributed by atoms with E-state index < -0.39 is 6.04 Å². The van der Waals surface area contributed by atoms with Crippen LogP contribution in [-0.2, 0) is 4.79 Å². The topological polar surface area (TPSA) is 89.3 Å². The first-order valence-corrected chi connectivity index (χ1v) is 9.64. The number of aromatic nitrogens is 2. The van der Waals surface area contributed by atoms with Crippen LogP contribution < -0.4 is 15.4 Å². The summed E-state index contributed by atoms with van der Waals surface area (Å²) in [4.78, 5) is 13.3. The minimum absolute atomic E-state index is 0.0143. The van der Waals surface area contributed by atoms with Crippen LogP contribution in [0, 0.1) is 5.82 Å². The third-order valence-electron chi connectivity index (χ3n) is 5.60. The predicted molar refractivity (Wildman–Crippen MR) is 108 cm³/mol. The molecule has 5 rings (SSSR count). The smallest absolute Gasteiger partial charge is 0.219 e. The van der Waals surface area contributed by atoms with E-state index in [0.29, 0.717) is 35.8 Å². The van der Waals surface area contributed by atoms with Gasteiger partial charge in [-0.1, -0.05) is 24.3 Å². The molecule has 0 unspecified atom stereocenters. The number of halogens is 1. The molecule has 1 aromatic heterocycles. The van der Waals surface area contributed by atoms with Crippen molar-refractivity contribution in [2.75, 3.05) is 17.7 Å². The highest BCUT2D eigenvalue weighted by Crippen LogP contribution is 2.43. The molecule has 3 aromatic rings. The van der Waals surface area contributed by atoms with Gasteiger partial charge in [0, 0.05) is 17.7 Å². The minimum Gasteiger partial charge on any atom is -0.497 e. The highest BCUT2D eigenvalue weighted by molar-refractivity contribution is 6.00. The van der Waals surface area contributed by atoms with Gasteiger partial charge in [0.2, 0.25) is 11.6 Å². The first-order valence-electron chi connectivity index (χ1n) is 9.64. The Morgan fingerprint density at radius 3 is 2.67 bits per heavy atom. The Morgan fingerprint density at radius 2 is 1.87 bits per heavy atom. The molecule has 7 nitrogen and oxygen atoms in total. The van der Waals surface area contributed by atoms with Crippen LogP contribution in [0.2, 0.25) is 0 Å². The number of fused-ring (bicyclic) bond motifs is 1. The van der Waals surface area contributed by atoms with Crippen LogP contribution in [0.1, 0.15) is 35.9 Å².